The number of halogens is 2. The van der Waals surface area contributed by atoms with E-state index in [4.69, 9.17) is 32.7 Å². The molecule has 1 aromatic heterocycles. The molecule has 0 unspecified atom stereocenters. The Labute approximate surface area is 151 Å². The van der Waals surface area contributed by atoms with Gasteiger partial charge in [-0.15, -0.1) is 0 Å². The van der Waals surface area contributed by atoms with Crippen LogP contribution in [0.5, 0.6) is 11.5 Å². The van der Waals surface area contributed by atoms with Crippen LogP contribution in [0.15, 0.2) is 30.3 Å². The average molecular weight is 381 g/mol. The number of hydrogen-bond donors (Lipinski definition) is 1. The first-order valence-electron chi connectivity index (χ1n) is 7.06. The number of benzene rings is 2. The fourth-order valence-electron chi connectivity index (χ4n) is 2.37. The van der Waals surface area contributed by atoms with Gasteiger partial charge in [-0.25, -0.2) is 4.98 Å². The van der Waals surface area contributed by atoms with Crippen LogP contribution in [-0.2, 0) is 0 Å². The number of fused-ring (bicyclic) bond motifs is 2. The molecule has 0 saturated carbocycles. The largest absolute Gasteiger partial charge is 0.486 e. The van der Waals surface area contributed by atoms with E-state index in [1.807, 2.05) is 12.1 Å². The van der Waals surface area contributed by atoms with E-state index in [0.29, 0.717) is 45.5 Å². The Bertz CT molecular complexity index is 895. The maximum absolute atomic E-state index is 12.3. The van der Waals surface area contributed by atoms with Crippen LogP contribution in [0.3, 0.4) is 0 Å². The minimum absolute atomic E-state index is 0.323. The number of amides is 1. The summed E-state index contributed by atoms with van der Waals surface area (Å²) in [5, 5.41) is 4.05. The van der Waals surface area contributed by atoms with E-state index in [0.717, 1.165) is 10.2 Å². The van der Waals surface area contributed by atoms with Crippen LogP contribution >= 0.6 is 34.5 Å². The van der Waals surface area contributed by atoms with Crippen molar-refractivity contribution in [1.29, 1.82) is 0 Å². The van der Waals surface area contributed by atoms with Gasteiger partial charge in [-0.05, 0) is 18.2 Å². The zero-order valence-corrected chi connectivity index (χ0v) is 14.5. The molecule has 0 spiro atoms. The lowest BCUT2D eigenvalue weighted by molar-refractivity contribution is 0.102. The van der Waals surface area contributed by atoms with Gasteiger partial charge in [0.05, 0.1) is 10.2 Å². The van der Waals surface area contributed by atoms with E-state index in [2.05, 4.69) is 10.3 Å². The van der Waals surface area contributed by atoms with Gasteiger partial charge in [-0.3, -0.25) is 10.1 Å². The van der Waals surface area contributed by atoms with Crippen LogP contribution in [0.25, 0.3) is 10.2 Å². The highest BCUT2D eigenvalue weighted by molar-refractivity contribution is 7.22. The predicted octanol–water partition coefficient (Wildman–Crippen LogP) is 4.63. The van der Waals surface area contributed by atoms with Gasteiger partial charge in [0, 0.05) is 27.7 Å². The number of ether oxygens (including phenoxy) is 2. The molecule has 3 aromatic rings. The Kier molecular flexibility index (Phi) is 3.96. The fourth-order valence-corrected chi connectivity index (χ4v) is 3.77. The standard InChI is InChI=1S/C16H10Cl2N2O3S/c17-9-3-8(4-10(18)5-9)15(21)20-16-19-11-6-12-13(7-14(11)24-16)23-2-1-22-12/h3-7H,1-2H2,(H,19,20,21). The van der Waals surface area contributed by atoms with Crippen molar-refractivity contribution in [1.82, 2.24) is 4.98 Å². The molecule has 0 atom stereocenters. The van der Waals surface area contributed by atoms with Gasteiger partial charge in [0.25, 0.3) is 5.91 Å². The molecule has 122 valence electrons. The van der Waals surface area contributed by atoms with E-state index < -0.39 is 0 Å². The number of nitrogens with zero attached hydrogens (tertiary/aromatic N) is 1. The summed E-state index contributed by atoms with van der Waals surface area (Å²) < 4.78 is 12.0. The van der Waals surface area contributed by atoms with Gasteiger partial charge < -0.3 is 9.47 Å². The van der Waals surface area contributed by atoms with Crippen molar-refractivity contribution in [2.24, 2.45) is 0 Å². The highest BCUT2D eigenvalue weighted by Gasteiger charge is 2.16. The number of nitrogens with one attached hydrogen (secondary N) is 1. The third-order valence-electron chi connectivity index (χ3n) is 3.40. The third-order valence-corrected chi connectivity index (χ3v) is 4.77. The summed E-state index contributed by atoms with van der Waals surface area (Å²) in [5.74, 6) is 1.03. The minimum atomic E-state index is -0.323. The molecular formula is C16H10Cl2N2O3S. The summed E-state index contributed by atoms with van der Waals surface area (Å²) in [6.07, 6.45) is 0. The Morgan fingerprint density at radius 3 is 2.42 bits per heavy atom. The van der Waals surface area contributed by atoms with Gasteiger partial charge in [-0.2, -0.15) is 0 Å². The molecule has 0 aliphatic carbocycles. The van der Waals surface area contributed by atoms with Crippen molar-refractivity contribution in [3.8, 4) is 11.5 Å². The summed E-state index contributed by atoms with van der Waals surface area (Å²) in [5.41, 5.74) is 1.11. The van der Waals surface area contributed by atoms with Crippen molar-refractivity contribution >= 4 is 55.8 Å². The number of anilines is 1. The highest BCUT2D eigenvalue weighted by Crippen LogP contribution is 2.38. The molecule has 2 heterocycles. The van der Waals surface area contributed by atoms with Crippen LogP contribution in [0.1, 0.15) is 10.4 Å². The molecule has 0 radical (unpaired) electrons. The number of aromatic nitrogens is 1. The second-order valence-corrected chi connectivity index (χ2v) is 7.00. The van der Waals surface area contributed by atoms with Gasteiger partial charge in [-0.1, -0.05) is 34.5 Å². The number of carbonyl (C=O) groups excluding carboxylic acids is 1. The van der Waals surface area contributed by atoms with Gasteiger partial charge in [0.2, 0.25) is 0 Å². The normalized spacial score (nSPS) is 13.1. The molecular weight excluding hydrogens is 371 g/mol. The van der Waals surface area contributed by atoms with Crippen molar-refractivity contribution in [2.45, 2.75) is 0 Å². The monoisotopic (exact) mass is 380 g/mol. The Balaban J connectivity index is 1.63. The number of thiazole rings is 1. The van der Waals surface area contributed by atoms with Crippen LogP contribution in [0, 0.1) is 0 Å². The minimum Gasteiger partial charge on any atom is -0.486 e. The maximum Gasteiger partial charge on any atom is 0.257 e. The molecule has 2 aromatic carbocycles. The summed E-state index contributed by atoms with van der Waals surface area (Å²) in [4.78, 5) is 16.8. The molecule has 1 amide bonds. The summed E-state index contributed by atoms with van der Waals surface area (Å²) in [7, 11) is 0. The SMILES string of the molecule is O=C(Nc1nc2cc3c(cc2s1)OCCO3)c1cc(Cl)cc(Cl)c1. The Morgan fingerprint density at radius 2 is 1.71 bits per heavy atom. The average Bonchev–Trinajstić information content (AvgIpc) is 2.92. The topological polar surface area (TPSA) is 60.5 Å². The van der Waals surface area contributed by atoms with Crippen LogP contribution in [0.2, 0.25) is 10.0 Å². The van der Waals surface area contributed by atoms with Gasteiger partial charge in [0.15, 0.2) is 16.6 Å². The second kappa shape index (κ2) is 6.12. The summed E-state index contributed by atoms with van der Waals surface area (Å²) in [6.45, 7) is 1.04. The van der Waals surface area contributed by atoms with E-state index >= 15 is 0 Å². The molecule has 8 heteroatoms. The molecule has 0 fully saturated rings. The van der Waals surface area contributed by atoms with Crippen molar-refractivity contribution in [3.63, 3.8) is 0 Å². The molecule has 1 N–H and O–H groups in total. The molecule has 0 bridgehead atoms. The smallest absolute Gasteiger partial charge is 0.257 e. The maximum atomic E-state index is 12.3. The quantitative estimate of drug-likeness (QED) is 0.703. The van der Waals surface area contributed by atoms with Crippen molar-refractivity contribution < 1.29 is 14.3 Å². The van der Waals surface area contributed by atoms with Crippen molar-refractivity contribution in [2.75, 3.05) is 18.5 Å². The molecule has 0 saturated heterocycles. The lowest BCUT2D eigenvalue weighted by Gasteiger charge is -2.17. The Hall–Kier alpha value is -2.02. The first-order chi connectivity index (χ1) is 11.6. The van der Waals surface area contributed by atoms with Crippen LogP contribution < -0.4 is 14.8 Å². The summed E-state index contributed by atoms with van der Waals surface area (Å²) >= 11 is 13.2. The van der Waals surface area contributed by atoms with Crippen LogP contribution in [0.4, 0.5) is 5.13 Å². The van der Waals surface area contributed by atoms with Gasteiger partial charge >= 0.3 is 0 Å². The number of hydrogen-bond acceptors (Lipinski definition) is 5. The van der Waals surface area contributed by atoms with Crippen molar-refractivity contribution in [3.05, 3.63) is 45.9 Å². The molecule has 4 rings (SSSR count). The zero-order chi connectivity index (χ0) is 16.7. The molecule has 1 aliphatic heterocycles. The highest BCUT2D eigenvalue weighted by atomic mass is 35.5. The van der Waals surface area contributed by atoms with Crippen LogP contribution in [-0.4, -0.2) is 24.1 Å². The van der Waals surface area contributed by atoms with E-state index in [1.165, 1.54) is 11.3 Å². The van der Waals surface area contributed by atoms with E-state index in [9.17, 15) is 4.79 Å². The fraction of sp³-hybridized carbons (Fsp3) is 0.125. The Morgan fingerprint density at radius 1 is 1.04 bits per heavy atom. The first kappa shape index (κ1) is 15.5. The van der Waals surface area contributed by atoms with E-state index in [-0.39, 0.29) is 5.91 Å². The summed E-state index contributed by atoms with van der Waals surface area (Å²) in [6, 6.07) is 8.36. The zero-order valence-electron chi connectivity index (χ0n) is 12.1. The van der Waals surface area contributed by atoms with Gasteiger partial charge in [0.1, 0.15) is 13.2 Å². The third kappa shape index (κ3) is 3.00. The number of carbonyl (C=O) groups is 1. The second-order valence-electron chi connectivity index (χ2n) is 5.09. The molecule has 5 nitrogen and oxygen atoms in total. The molecule has 24 heavy (non-hydrogen) atoms. The number of rotatable bonds is 2. The first-order valence-corrected chi connectivity index (χ1v) is 8.63. The molecule has 1 aliphatic rings. The van der Waals surface area contributed by atoms with E-state index in [1.54, 1.807) is 18.2 Å². The lowest BCUT2D eigenvalue weighted by atomic mass is 10.2. The lowest BCUT2D eigenvalue weighted by Crippen LogP contribution is -2.15. The predicted molar refractivity (Wildman–Crippen MR) is 95.0 cm³/mol.